The largest absolute Gasteiger partial charge is 0.464 e. The van der Waals surface area contributed by atoms with E-state index in [0.29, 0.717) is 30.5 Å². The summed E-state index contributed by atoms with van der Waals surface area (Å²) in [7, 11) is 1.31. The Morgan fingerprint density at radius 1 is 1.63 bits per heavy atom. The molecule has 0 bridgehead atoms. The average Bonchev–Trinajstić information content (AvgIpc) is 3.24. The van der Waals surface area contributed by atoms with E-state index in [-0.39, 0.29) is 5.69 Å². The van der Waals surface area contributed by atoms with Crippen LogP contribution < -0.4 is 10.6 Å². The van der Waals surface area contributed by atoms with E-state index < -0.39 is 5.97 Å². The maximum atomic E-state index is 11.5. The van der Waals surface area contributed by atoms with Crippen molar-refractivity contribution in [3.8, 4) is 6.07 Å². The summed E-state index contributed by atoms with van der Waals surface area (Å²) >= 11 is 0. The van der Waals surface area contributed by atoms with Crippen LogP contribution in [0.1, 0.15) is 29.8 Å². The molecule has 0 unspecified atom stereocenters. The molecule has 0 radical (unpaired) electrons. The zero-order valence-corrected chi connectivity index (χ0v) is 10.8. The number of nitrogens with zero attached hydrogens (tertiary/aromatic N) is 3. The summed E-state index contributed by atoms with van der Waals surface area (Å²) < 4.78 is 4.65. The molecule has 6 heteroatoms. The summed E-state index contributed by atoms with van der Waals surface area (Å²) in [4.78, 5) is 17.8. The van der Waals surface area contributed by atoms with Crippen molar-refractivity contribution in [1.29, 1.82) is 5.26 Å². The van der Waals surface area contributed by atoms with Crippen LogP contribution in [0.3, 0.4) is 0 Å². The molecule has 1 aromatic heterocycles. The Morgan fingerprint density at radius 3 is 2.95 bits per heavy atom. The van der Waals surface area contributed by atoms with Crippen molar-refractivity contribution in [1.82, 2.24) is 4.98 Å². The highest BCUT2D eigenvalue weighted by Crippen LogP contribution is 2.33. The quantitative estimate of drug-likeness (QED) is 0.803. The second-order valence-corrected chi connectivity index (χ2v) is 4.43. The van der Waals surface area contributed by atoms with Gasteiger partial charge in [-0.05, 0) is 25.0 Å². The molecule has 1 aliphatic carbocycles. The van der Waals surface area contributed by atoms with E-state index in [1.54, 1.807) is 12.1 Å². The van der Waals surface area contributed by atoms with E-state index in [4.69, 9.17) is 11.0 Å². The summed E-state index contributed by atoms with van der Waals surface area (Å²) in [6, 6.07) is 5.68. The van der Waals surface area contributed by atoms with Gasteiger partial charge in [0.25, 0.3) is 0 Å². The van der Waals surface area contributed by atoms with Crippen molar-refractivity contribution in [3.63, 3.8) is 0 Å². The normalized spacial score (nSPS) is 13.7. The van der Waals surface area contributed by atoms with Crippen LogP contribution in [0.2, 0.25) is 0 Å². The summed E-state index contributed by atoms with van der Waals surface area (Å²) in [6.07, 6.45) is 2.53. The van der Waals surface area contributed by atoms with Crippen LogP contribution in [-0.4, -0.2) is 30.6 Å². The zero-order valence-electron chi connectivity index (χ0n) is 10.8. The molecular weight excluding hydrogens is 244 g/mol. The van der Waals surface area contributed by atoms with Crippen LogP contribution in [0.4, 0.5) is 11.5 Å². The lowest BCUT2D eigenvalue weighted by Gasteiger charge is -2.24. The Balaban J connectivity index is 2.29. The van der Waals surface area contributed by atoms with Gasteiger partial charge < -0.3 is 15.4 Å². The van der Waals surface area contributed by atoms with E-state index in [2.05, 4.69) is 15.8 Å². The minimum atomic E-state index is -0.489. The number of hydrogen-bond acceptors (Lipinski definition) is 6. The van der Waals surface area contributed by atoms with Crippen LogP contribution >= 0.6 is 0 Å². The van der Waals surface area contributed by atoms with E-state index >= 15 is 0 Å². The highest BCUT2D eigenvalue weighted by molar-refractivity contribution is 5.88. The number of esters is 1. The molecule has 100 valence electrons. The number of carbonyl (C=O) groups is 1. The number of rotatable bonds is 5. The van der Waals surface area contributed by atoms with Crippen molar-refractivity contribution < 1.29 is 9.53 Å². The number of carbonyl (C=O) groups excluding carboxylic acids is 1. The number of methoxy groups -OCH3 is 1. The fraction of sp³-hybridized carbons (Fsp3) is 0.462. The van der Waals surface area contributed by atoms with E-state index in [0.717, 1.165) is 12.8 Å². The molecule has 1 fully saturated rings. The van der Waals surface area contributed by atoms with Crippen molar-refractivity contribution >= 4 is 17.5 Å². The Kier molecular flexibility index (Phi) is 3.85. The van der Waals surface area contributed by atoms with Gasteiger partial charge >= 0.3 is 5.97 Å². The number of pyridine rings is 1. The van der Waals surface area contributed by atoms with E-state index in [1.807, 2.05) is 4.90 Å². The molecule has 19 heavy (non-hydrogen) atoms. The molecule has 1 aromatic rings. The van der Waals surface area contributed by atoms with Gasteiger partial charge in [0.1, 0.15) is 0 Å². The van der Waals surface area contributed by atoms with Crippen molar-refractivity contribution in [2.75, 3.05) is 24.3 Å². The van der Waals surface area contributed by atoms with Crippen LogP contribution in [-0.2, 0) is 4.74 Å². The predicted octanol–water partition coefficient (Wildman–Crippen LogP) is 1.33. The van der Waals surface area contributed by atoms with Crippen molar-refractivity contribution in [2.45, 2.75) is 25.3 Å². The third kappa shape index (κ3) is 2.94. The lowest BCUT2D eigenvalue weighted by Crippen LogP contribution is -2.29. The highest BCUT2D eigenvalue weighted by atomic mass is 16.5. The molecule has 0 aliphatic heterocycles. The SMILES string of the molecule is COC(=O)c1ccc(N)c(N(CCC#N)C2CC2)n1. The van der Waals surface area contributed by atoms with E-state index in [9.17, 15) is 4.79 Å². The van der Waals surface area contributed by atoms with Gasteiger partial charge in [0.15, 0.2) is 11.5 Å². The maximum Gasteiger partial charge on any atom is 0.356 e. The third-order valence-corrected chi connectivity index (χ3v) is 3.02. The highest BCUT2D eigenvalue weighted by Gasteiger charge is 2.31. The minimum Gasteiger partial charge on any atom is -0.464 e. The van der Waals surface area contributed by atoms with Crippen LogP contribution in [0.5, 0.6) is 0 Å². The third-order valence-electron chi connectivity index (χ3n) is 3.02. The summed E-state index contributed by atoms with van der Waals surface area (Å²) in [5.74, 6) is 0.0814. The first-order chi connectivity index (χ1) is 9.17. The number of nitrogens with two attached hydrogens (primary N) is 1. The van der Waals surface area contributed by atoms with Crippen LogP contribution in [0, 0.1) is 11.3 Å². The Morgan fingerprint density at radius 2 is 2.37 bits per heavy atom. The average molecular weight is 260 g/mol. The first kappa shape index (κ1) is 13.1. The number of aromatic nitrogens is 1. The molecule has 0 amide bonds. The Labute approximate surface area is 111 Å². The zero-order chi connectivity index (χ0) is 13.8. The molecule has 0 spiro atoms. The molecule has 1 saturated carbocycles. The van der Waals surface area contributed by atoms with Crippen molar-refractivity contribution in [2.24, 2.45) is 0 Å². The standard InChI is InChI=1S/C13H16N4O2/c1-19-13(18)11-6-5-10(15)12(16-11)17(8-2-7-14)9-3-4-9/h5-6,9H,2-4,8,15H2,1H3. The summed E-state index contributed by atoms with van der Waals surface area (Å²) in [5, 5.41) is 8.71. The monoisotopic (exact) mass is 260 g/mol. The van der Waals surface area contributed by atoms with Crippen LogP contribution in [0.25, 0.3) is 0 Å². The minimum absolute atomic E-state index is 0.231. The first-order valence-corrected chi connectivity index (χ1v) is 6.15. The predicted molar refractivity (Wildman–Crippen MR) is 70.6 cm³/mol. The molecule has 2 N–H and O–H groups in total. The van der Waals surface area contributed by atoms with Gasteiger partial charge in [-0.1, -0.05) is 0 Å². The summed E-state index contributed by atoms with van der Waals surface area (Å²) in [6.45, 7) is 0.572. The number of hydrogen-bond donors (Lipinski definition) is 1. The topological polar surface area (TPSA) is 92.2 Å². The summed E-state index contributed by atoms with van der Waals surface area (Å²) in [5.41, 5.74) is 6.67. The van der Waals surface area contributed by atoms with Gasteiger partial charge in [0, 0.05) is 12.6 Å². The number of nitriles is 1. The first-order valence-electron chi connectivity index (χ1n) is 6.15. The molecule has 0 saturated heterocycles. The lowest BCUT2D eigenvalue weighted by atomic mass is 10.2. The van der Waals surface area contributed by atoms with Gasteiger partial charge in [-0.25, -0.2) is 9.78 Å². The lowest BCUT2D eigenvalue weighted by molar-refractivity contribution is 0.0594. The Bertz CT molecular complexity index is 520. The smallest absolute Gasteiger partial charge is 0.356 e. The molecule has 0 atom stereocenters. The van der Waals surface area contributed by atoms with Crippen LogP contribution in [0.15, 0.2) is 12.1 Å². The second kappa shape index (κ2) is 5.57. The fourth-order valence-electron chi connectivity index (χ4n) is 1.93. The van der Waals surface area contributed by atoms with E-state index in [1.165, 1.54) is 7.11 Å². The number of anilines is 2. The van der Waals surface area contributed by atoms with Gasteiger partial charge in [-0.15, -0.1) is 0 Å². The van der Waals surface area contributed by atoms with Crippen molar-refractivity contribution in [3.05, 3.63) is 17.8 Å². The molecular formula is C13H16N4O2. The second-order valence-electron chi connectivity index (χ2n) is 4.43. The number of ether oxygens (including phenoxy) is 1. The van der Waals surface area contributed by atoms with Gasteiger partial charge in [0.05, 0.1) is 25.3 Å². The molecule has 2 rings (SSSR count). The molecule has 0 aromatic carbocycles. The number of nitrogen functional groups attached to an aromatic ring is 1. The molecule has 1 heterocycles. The van der Waals surface area contributed by atoms with Gasteiger partial charge in [0.2, 0.25) is 0 Å². The van der Waals surface area contributed by atoms with Gasteiger partial charge in [-0.3, -0.25) is 0 Å². The maximum absolute atomic E-state index is 11.5. The molecule has 6 nitrogen and oxygen atoms in total. The van der Waals surface area contributed by atoms with Gasteiger partial charge in [-0.2, -0.15) is 5.26 Å². The Hall–Kier alpha value is -2.29. The fourth-order valence-corrected chi connectivity index (χ4v) is 1.93. The molecule has 1 aliphatic rings.